The molecule has 3 N–H and O–H groups in total. The fourth-order valence-electron chi connectivity index (χ4n) is 1.39. The van der Waals surface area contributed by atoms with Gasteiger partial charge in [0.05, 0.1) is 7.11 Å². The van der Waals surface area contributed by atoms with Gasteiger partial charge in [-0.2, -0.15) is 0 Å². The topological polar surface area (TPSA) is 72.5 Å². The highest BCUT2D eigenvalue weighted by atomic mass is 16.5. The van der Waals surface area contributed by atoms with Gasteiger partial charge in [-0.15, -0.1) is 0 Å². The van der Waals surface area contributed by atoms with Crippen LogP contribution in [0.3, 0.4) is 0 Å². The molecule has 0 aliphatic heterocycles. The Balaban J connectivity index is 2.91. The number of ether oxygens (including phenoxy) is 1. The first kappa shape index (κ1) is 11.5. The van der Waals surface area contributed by atoms with E-state index in [0.717, 1.165) is 11.1 Å². The first-order chi connectivity index (χ1) is 7.04. The van der Waals surface area contributed by atoms with Crippen LogP contribution in [0.2, 0.25) is 0 Å². The number of aryl methyl sites for hydroxylation is 1. The molecular formula is C11H15NO3. The molecule has 0 saturated carbocycles. The Labute approximate surface area is 88.7 Å². The van der Waals surface area contributed by atoms with E-state index < -0.39 is 12.0 Å². The van der Waals surface area contributed by atoms with Crippen LogP contribution in [0.5, 0.6) is 5.75 Å². The number of rotatable bonds is 4. The standard InChI is InChI=1S/C11H15NO3/c1-7-3-4-10(15-2)8(5-7)6-9(12)11(13)14/h3-5,9H,6,12H2,1-2H3,(H,13,14). The molecule has 0 saturated heterocycles. The fourth-order valence-corrected chi connectivity index (χ4v) is 1.39. The molecular weight excluding hydrogens is 194 g/mol. The molecule has 1 aromatic carbocycles. The minimum Gasteiger partial charge on any atom is -0.496 e. The maximum absolute atomic E-state index is 10.6. The Kier molecular flexibility index (Phi) is 3.68. The number of nitrogens with two attached hydrogens (primary N) is 1. The highest BCUT2D eigenvalue weighted by Crippen LogP contribution is 2.20. The molecule has 0 amide bonds. The number of carboxylic acid groups (broad SMARTS) is 1. The second-order valence-electron chi connectivity index (χ2n) is 3.46. The summed E-state index contributed by atoms with van der Waals surface area (Å²) < 4.78 is 5.13. The van der Waals surface area contributed by atoms with Crippen molar-refractivity contribution in [3.05, 3.63) is 29.3 Å². The Hall–Kier alpha value is -1.55. The van der Waals surface area contributed by atoms with E-state index in [2.05, 4.69) is 0 Å². The van der Waals surface area contributed by atoms with Crippen molar-refractivity contribution >= 4 is 5.97 Å². The van der Waals surface area contributed by atoms with Crippen molar-refractivity contribution in [1.82, 2.24) is 0 Å². The van der Waals surface area contributed by atoms with Gasteiger partial charge in [0, 0.05) is 6.42 Å². The number of hydrogen-bond acceptors (Lipinski definition) is 3. The van der Waals surface area contributed by atoms with E-state index >= 15 is 0 Å². The third kappa shape index (κ3) is 2.95. The predicted molar refractivity (Wildman–Crippen MR) is 57.0 cm³/mol. The van der Waals surface area contributed by atoms with E-state index in [1.807, 2.05) is 25.1 Å². The lowest BCUT2D eigenvalue weighted by molar-refractivity contribution is -0.138. The monoisotopic (exact) mass is 209 g/mol. The van der Waals surface area contributed by atoms with Gasteiger partial charge in [0.2, 0.25) is 0 Å². The van der Waals surface area contributed by atoms with E-state index in [4.69, 9.17) is 15.6 Å². The highest BCUT2D eigenvalue weighted by Gasteiger charge is 2.14. The lowest BCUT2D eigenvalue weighted by Crippen LogP contribution is -2.32. The van der Waals surface area contributed by atoms with Gasteiger partial charge in [0.1, 0.15) is 11.8 Å². The Morgan fingerprint density at radius 3 is 2.80 bits per heavy atom. The largest absolute Gasteiger partial charge is 0.496 e. The maximum Gasteiger partial charge on any atom is 0.320 e. The number of aliphatic carboxylic acids is 1. The summed E-state index contributed by atoms with van der Waals surface area (Å²) in [5, 5.41) is 8.71. The zero-order valence-electron chi connectivity index (χ0n) is 8.86. The van der Waals surface area contributed by atoms with E-state index in [9.17, 15) is 4.79 Å². The van der Waals surface area contributed by atoms with Crippen molar-refractivity contribution in [2.75, 3.05) is 7.11 Å². The van der Waals surface area contributed by atoms with Crippen molar-refractivity contribution in [3.8, 4) is 5.75 Å². The molecule has 0 radical (unpaired) electrons. The van der Waals surface area contributed by atoms with E-state index in [1.165, 1.54) is 0 Å². The van der Waals surface area contributed by atoms with Gasteiger partial charge >= 0.3 is 5.97 Å². The smallest absolute Gasteiger partial charge is 0.320 e. The predicted octanol–water partition coefficient (Wildman–Crippen LogP) is 0.958. The quantitative estimate of drug-likeness (QED) is 0.774. The van der Waals surface area contributed by atoms with Gasteiger partial charge in [-0.3, -0.25) is 4.79 Å². The molecule has 15 heavy (non-hydrogen) atoms. The minimum absolute atomic E-state index is 0.278. The summed E-state index contributed by atoms with van der Waals surface area (Å²) in [7, 11) is 1.56. The molecule has 0 aromatic heterocycles. The van der Waals surface area contributed by atoms with Crippen molar-refractivity contribution < 1.29 is 14.6 Å². The van der Waals surface area contributed by atoms with Gasteiger partial charge in [-0.25, -0.2) is 0 Å². The second kappa shape index (κ2) is 4.79. The molecule has 0 bridgehead atoms. The van der Waals surface area contributed by atoms with Gasteiger partial charge in [0.15, 0.2) is 0 Å². The number of carbonyl (C=O) groups is 1. The van der Waals surface area contributed by atoms with Crippen molar-refractivity contribution in [3.63, 3.8) is 0 Å². The van der Waals surface area contributed by atoms with Crippen LogP contribution >= 0.6 is 0 Å². The number of hydrogen-bond donors (Lipinski definition) is 2. The maximum atomic E-state index is 10.6. The number of methoxy groups -OCH3 is 1. The first-order valence-electron chi connectivity index (χ1n) is 4.66. The van der Waals surface area contributed by atoms with E-state index in [0.29, 0.717) is 5.75 Å². The molecule has 0 aliphatic rings. The lowest BCUT2D eigenvalue weighted by Gasteiger charge is -2.11. The molecule has 1 rings (SSSR count). The zero-order chi connectivity index (χ0) is 11.4. The Morgan fingerprint density at radius 2 is 2.27 bits per heavy atom. The van der Waals surface area contributed by atoms with Crippen LogP contribution in [0.1, 0.15) is 11.1 Å². The van der Waals surface area contributed by atoms with Gasteiger partial charge in [0.25, 0.3) is 0 Å². The summed E-state index contributed by atoms with van der Waals surface area (Å²) >= 11 is 0. The average molecular weight is 209 g/mol. The molecule has 82 valence electrons. The zero-order valence-corrected chi connectivity index (χ0v) is 8.86. The number of benzene rings is 1. The summed E-state index contributed by atoms with van der Waals surface area (Å²) in [6.45, 7) is 1.94. The summed E-state index contributed by atoms with van der Waals surface area (Å²) in [5.74, 6) is -0.323. The molecule has 4 nitrogen and oxygen atoms in total. The molecule has 0 heterocycles. The molecule has 4 heteroatoms. The molecule has 1 atom stereocenters. The van der Waals surface area contributed by atoms with Crippen LogP contribution in [0.15, 0.2) is 18.2 Å². The van der Waals surface area contributed by atoms with Crippen molar-refractivity contribution in [1.29, 1.82) is 0 Å². The van der Waals surface area contributed by atoms with Crippen LogP contribution in [0, 0.1) is 6.92 Å². The highest BCUT2D eigenvalue weighted by molar-refractivity contribution is 5.73. The van der Waals surface area contributed by atoms with Crippen molar-refractivity contribution in [2.45, 2.75) is 19.4 Å². The Bertz CT molecular complexity index is 363. The van der Waals surface area contributed by atoms with Crippen LogP contribution in [-0.4, -0.2) is 24.2 Å². The van der Waals surface area contributed by atoms with Gasteiger partial charge in [-0.05, 0) is 18.6 Å². The van der Waals surface area contributed by atoms with Crippen molar-refractivity contribution in [2.24, 2.45) is 5.73 Å². The van der Waals surface area contributed by atoms with Gasteiger partial charge in [-0.1, -0.05) is 17.7 Å². The summed E-state index contributed by atoms with van der Waals surface area (Å²) in [6.07, 6.45) is 0.278. The normalized spacial score (nSPS) is 12.2. The summed E-state index contributed by atoms with van der Waals surface area (Å²) in [4.78, 5) is 10.6. The first-order valence-corrected chi connectivity index (χ1v) is 4.66. The van der Waals surface area contributed by atoms with Crippen LogP contribution in [-0.2, 0) is 11.2 Å². The molecule has 1 unspecified atom stereocenters. The summed E-state index contributed by atoms with van der Waals surface area (Å²) in [6, 6.07) is 4.73. The lowest BCUT2D eigenvalue weighted by atomic mass is 10.0. The summed E-state index contributed by atoms with van der Waals surface area (Å²) in [5.41, 5.74) is 7.35. The average Bonchev–Trinajstić information content (AvgIpc) is 2.18. The molecule has 0 aliphatic carbocycles. The van der Waals surface area contributed by atoms with Gasteiger partial charge < -0.3 is 15.6 Å². The third-order valence-electron chi connectivity index (χ3n) is 2.19. The SMILES string of the molecule is COc1ccc(C)cc1CC(N)C(=O)O. The van der Waals surface area contributed by atoms with Crippen LogP contribution in [0.25, 0.3) is 0 Å². The molecule has 0 spiro atoms. The third-order valence-corrected chi connectivity index (χ3v) is 2.19. The molecule has 0 fully saturated rings. The van der Waals surface area contributed by atoms with E-state index in [1.54, 1.807) is 7.11 Å². The van der Waals surface area contributed by atoms with E-state index in [-0.39, 0.29) is 6.42 Å². The minimum atomic E-state index is -1.00. The van der Waals surface area contributed by atoms with Crippen LogP contribution < -0.4 is 10.5 Å². The van der Waals surface area contributed by atoms with Crippen LogP contribution in [0.4, 0.5) is 0 Å². The fraction of sp³-hybridized carbons (Fsp3) is 0.364. The molecule has 1 aromatic rings. The second-order valence-corrected chi connectivity index (χ2v) is 3.46. The number of carboxylic acids is 1. The Morgan fingerprint density at radius 1 is 1.60 bits per heavy atom.